The van der Waals surface area contributed by atoms with Crippen LogP contribution in [0.15, 0.2) is 22.7 Å². The summed E-state index contributed by atoms with van der Waals surface area (Å²) in [6.07, 6.45) is 0.855. The molecule has 1 unspecified atom stereocenters. The summed E-state index contributed by atoms with van der Waals surface area (Å²) in [5, 5.41) is 8.60. The second-order valence-corrected chi connectivity index (χ2v) is 6.22. The van der Waals surface area contributed by atoms with E-state index < -0.39 is 0 Å². The lowest BCUT2D eigenvalue weighted by Crippen LogP contribution is -2.20. The summed E-state index contributed by atoms with van der Waals surface area (Å²) in [5.41, 5.74) is 4.48. The molecular weight excluding hydrogens is 338 g/mol. The Labute approximate surface area is 133 Å². The predicted molar refractivity (Wildman–Crippen MR) is 87.3 cm³/mol. The molecule has 0 saturated heterocycles. The number of aromatic nitrogens is 2. The standard InChI is InChI=1S/C15H19BrClN3/c1-9-5-6-11(7-12(9)17)13(18-3)8-14-15(16)10(2)19-20(14)4/h5-7,13,18H,8H2,1-4H3. The van der Waals surface area contributed by atoms with Crippen molar-refractivity contribution >= 4 is 27.5 Å². The smallest absolute Gasteiger partial charge is 0.0738 e. The van der Waals surface area contributed by atoms with Crippen molar-refractivity contribution in [3.05, 3.63) is 50.2 Å². The first kappa shape index (κ1) is 15.5. The fraction of sp³-hybridized carbons (Fsp3) is 0.400. The number of rotatable bonds is 4. The van der Waals surface area contributed by atoms with Gasteiger partial charge in [0.25, 0.3) is 0 Å². The maximum absolute atomic E-state index is 6.23. The van der Waals surface area contributed by atoms with Gasteiger partial charge in [-0.2, -0.15) is 5.10 Å². The number of likely N-dealkylation sites (N-methyl/N-ethyl adjacent to an activating group) is 1. The molecule has 0 saturated carbocycles. The highest BCUT2D eigenvalue weighted by Gasteiger charge is 2.17. The Balaban J connectivity index is 2.31. The van der Waals surface area contributed by atoms with Gasteiger partial charge < -0.3 is 5.32 Å². The van der Waals surface area contributed by atoms with Gasteiger partial charge >= 0.3 is 0 Å². The van der Waals surface area contributed by atoms with Gasteiger partial charge in [0.05, 0.1) is 15.9 Å². The Morgan fingerprint density at radius 3 is 2.60 bits per heavy atom. The number of nitrogens with one attached hydrogen (secondary N) is 1. The summed E-state index contributed by atoms with van der Waals surface area (Å²) in [6.45, 7) is 4.02. The van der Waals surface area contributed by atoms with Crippen molar-refractivity contribution in [2.45, 2.75) is 26.3 Å². The lowest BCUT2D eigenvalue weighted by Gasteiger charge is -2.18. The largest absolute Gasteiger partial charge is 0.313 e. The Bertz CT molecular complexity index is 622. The zero-order valence-electron chi connectivity index (χ0n) is 12.2. The number of halogens is 2. The highest BCUT2D eigenvalue weighted by molar-refractivity contribution is 9.10. The van der Waals surface area contributed by atoms with Gasteiger partial charge in [0, 0.05) is 24.5 Å². The SMILES string of the molecule is CNC(Cc1c(Br)c(C)nn1C)c1ccc(C)c(Cl)c1. The third-order valence-electron chi connectivity index (χ3n) is 3.61. The number of nitrogens with zero attached hydrogens (tertiary/aromatic N) is 2. The fourth-order valence-corrected chi connectivity index (χ4v) is 2.99. The number of aryl methyl sites for hydroxylation is 3. The van der Waals surface area contributed by atoms with Gasteiger partial charge in [-0.15, -0.1) is 0 Å². The van der Waals surface area contributed by atoms with E-state index >= 15 is 0 Å². The van der Waals surface area contributed by atoms with Gasteiger partial charge in [0.15, 0.2) is 0 Å². The summed E-state index contributed by atoms with van der Waals surface area (Å²) < 4.78 is 3.01. The molecule has 3 nitrogen and oxygen atoms in total. The summed E-state index contributed by atoms with van der Waals surface area (Å²) in [5.74, 6) is 0. The lowest BCUT2D eigenvalue weighted by atomic mass is 10.0. The molecule has 0 radical (unpaired) electrons. The molecule has 1 N–H and O–H groups in total. The van der Waals surface area contributed by atoms with E-state index in [4.69, 9.17) is 11.6 Å². The molecule has 0 aliphatic rings. The maximum atomic E-state index is 6.23. The third-order valence-corrected chi connectivity index (χ3v) is 5.04. The predicted octanol–water partition coefficient (Wildman–Crippen LogP) is 3.96. The van der Waals surface area contributed by atoms with Crippen LogP contribution in [-0.4, -0.2) is 16.8 Å². The van der Waals surface area contributed by atoms with Gasteiger partial charge in [-0.05, 0) is 54.0 Å². The summed E-state index contributed by atoms with van der Waals surface area (Å²) >= 11 is 9.85. The van der Waals surface area contributed by atoms with E-state index in [2.05, 4.69) is 38.5 Å². The molecule has 1 heterocycles. The van der Waals surface area contributed by atoms with Crippen molar-refractivity contribution in [2.75, 3.05) is 7.05 Å². The van der Waals surface area contributed by atoms with Crippen molar-refractivity contribution in [1.82, 2.24) is 15.1 Å². The molecule has 2 aromatic rings. The normalized spacial score (nSPS) is 12.7. The van der Waals surface area contributed by atoms with Gasteiger partial charge in [-0.1, -0.05) is 23.7 Å². The van der Waals surface area contributed by atoms with Crippen molar-refractivity contribution in [3.63, 3.8) is 0 Å². The minimum atomic E-state index is 0.208. The Hall–Kier alpha value is -0.840. The molecule has 0 spiro atoms. The van der Waals surface area contributed by atoms with Gasteiger partial charge in [0.1, 0.15) is 0 Å². The van der Waals surface area contributed by atoms with E-state index in [1.807, 2.05) is 38.7 Å². The monoisotopic (exact) mass is 355 g/mol. The maximum Gasteiger partial charge on any atom is 0.0738 e. The molecule has 0 aliphatic carbocycles. The van der Waals surface area contributed by atoms with E-state index in [0.29, 0.717) is 0 Å². The molecule has 1 atom stereocenters. The average Bonchev–Trinajstić information content (AvgIpc) is 2.65. The molecule has 1 aromatic carbocycles. The van der Waals surface area contributed by atoms with E-state index in [0.717, 1.165) is 27.2 Å². The quantitative estimate of drug-likeness (QED) is 0.899. The second-order valence-electron chi connectivity index (χ2n) is 5.02. The zero-order chi connectivity index (χ0) is 14.9. The van der Waals surface area contributed by atoms with Crippen LogP contribution in [0.4, 0.5) is 0 Å². The van der Waals surface area contributed by atoms with Crippen LogP contribution in [-0.2, 0) is 13.5 Å². The first-order chi connectivity index (χ1) is 9.43. The van der Waals surface area contributed by atoms with E-state index in [1.54, 1.807) is 0 Å². The average molecular weight is 357 g/mol. The van der Waals surface area contributed by atoms with E-state index in [1.165, 1.54) is 11.3 Å². The molecule has 0 amide bonds. The highest BCUT2D eigenvalue weighted by Crippen LogP contribution is 2.27. The van der Waals surface area contributed by atoms with E-state index in [9.17, 15) is 0 Å². The van der Waals surface area contributed by atoms with Crippen LogP contribution in [0.2, 0.25) is 5.02 Å². The molecule has 1 aromatic heterocycles. The van der Waals surface area contributed by atoms with E-state index in [-0.39, 0.29) is 6.04 Å². The lowest BCUT2D eigenvalue weighted by molar-refractivity contribution is 0.560. The summed E-state index contributed by atoms with van der Waals surface area (Å²) in [4.78, 5) is 0. The Morgan fingerprint density at radius 1 is 1.40 bits per heavy atom. The molecule has 0 bridgehead atoms. The molecule has 20 heavy (non-hydrogen) atoms. The number of hydrogen-bond acceptors (Lipinski definition) is 2. The van der Waals surface area contributed by atoms with Crippen LogP contribution in [0.5, 0.6) is 0 Å². The summed E-state index contributed by atoms with van der Waals surface area (Å²) in [7, 11) is 3.94. The van der Waals surface area contributed by atoms with Crippen molar-refractivity contribution in [3.8, 4) is 0 Å². The molecule has 5 heteroatoms. The Kier molecular flexibility index (Phi) is 4.89. The molecule has 0 aliphatic heterocycles. The first-order valence-corrected chi connectivity index (χ1v) is 7.72. The molecule has 0 fully saturated rings. The topological polar surface area (TPSA) is 29.9 Å². The Morgan fingerprint density at radius 2 is 2.10 bits per heavy atom. The van der Waals surface area contributed by atoms with Crippen LogP contribution >= 0.6 is 27.5 Å². The van der Waals surface area contributed by atoms with Crippen LogP contribution in [0.1, 0.15) is 28.6 Å². The number of benzene rings is 1. The van der Waals surface area contributed by atoms with Crippen LogP contribution < -0.4 is 5.32 Å². The first-order valence-electron chi connectivity index (χ1n) is 6.55. The highest BCUT2D eigenvalue weighted by atomic mass is 79.9. The van der Waals surface area contributed by atoms with Crippen molar-refractivity contribution in [2.24, 2.45) is 7.05 Å². The minimum absolute atomic E-state index is 0.208. The number of hydrogen-bond donors (Lipinski definition) is 1. The third kappa shape index (κ3) is 3.08. The minimum Gasteiger partial charge on any atom is -0.313 e. The van der Waals surface area contributed by atoms with Gasteiger partial charge in [-0.25, -0.2) is 0 Å². The summed E-state index contributed by atoms with van der Waals surface area (Å²) in [6, 6.07) is 6.43. The molecular formula is C15H19BrClN3. The van der Waals surface area contributed by atoms with Crippen LogP contribution in [0.25, 0.3) is 0 Å². The van der Waals surface area contributed by atoms with Crippen molar-refractivity contribution in [1.29, 1.82) is 0 Å². The van der Waals surface area contributed by atoms with Crippen molar-refractivity contribution < 1.29 is 0 Å². The van der Waals surface area contributed by atoms with Gasteiger partial charge in [0.2, 0.25) is 0 Å². The molecule has 108 valence electrons. The fourth-order valence-electron chi connectivity index (χ4n) is 2.31. The van der Waals surface area contributed by atoms with Crippen LogP contribution in [0.3, 0.4) is 0 Å². The zero-order valence-corrected chi connectivity index (χ0v) is 14.5. The van der Waals surface area contributed by atoms with Crippen LogP contribution in [0, 0.1) is 13.8 Å². The van der Waals surface area contributed by atoms with Gasteiger partial charge in [-0.3, -0.25) is 4.68 Å². The second kappa shape index (κ2) is 6.29. The molecule has 2 rings (SSSR count).